The maximum absolute atomic E-state index is 12.6. The van der Waals surface area contributed by atoms with Gasteiger partial charge in [0.25, 0.3) is 0 Å². The summed E-state index contributed by atoms with van der Waals surface area (Å²) < 4.78 is 32.6. The predicted molar refractivity (Wildman–Crippen MR) is 107 cm³/mol. The van der Waals surface area contributed by atoms with Gasteiger partial charge in [-0.3, -0.25) is 9.59 Å². The summed E-state index contributed by atoms with van der Waals surface area (Å²) in [7, 11) is -2.73. The molecule has 150 valence electrons. The van der Waals surface area contributed by atoms with E-state index in [1.54, 1.807) is 24.3 Å². The van der Waals surface area contributed by atoms with Crippen molar-refractivity contribution in [2.75, 3.05) is 17.7 Å². The van der Waals surface area contributed by atoms with Crippen molar-refractivity contribution in [3.63, 3.8) is 0 Å². The Kier molecular flexibility index (Phi) is 7.00. The third-order valence-electron chi connectivity index (χ3n) is 3.59. The van der Waals surface area contributed by atoms with Crippen molar-refractivity contribution >= 4 is 44.8 Å². The molecule has 0 aliphatic carbocycles. The van der Waals surface area contributed by atoms with Crippen LogP contribution in [0, 0.1) is 0 Å². The number of nitrogens with one attached hydrogen (secondary N) is 3. The van der Waals surface area contributed by atoms with E-state index in [1.165, 1.54) is 39.2 Å². The molecule has 0 heterocycles. The zero-order valence-electron chi connectivity index (χ0n) is 15.4. The first kappa shape index (κ1) is 21.7. The Balaban J connectivity index is 2.14. The lowest BCUT2D eigenvalue weighted by Crippen LogP contribution is -2.41. The Morgan fingerprint density at radius 2 is 1.71 bits per heavy atom. The molecule has 8 nitrogen and oxygen atoms in total. The van der Waals surface area contributed by atoms with E-state index in [-0.39, 0.29) is 21.6 Å². The highest BCUT2D eigenvalue weighted by atomic mass is 35.5. The van der Waals surface area contributed by atoms with Gasteiger partial charge >= 0.3 is 0 Å². The Labute approximate surface area is 168 Å². The van der Waals surface area contributed by atoms with Crippen molar-refractivity contribution in [3.8, 4) is 5.75 Å². The van der Waals surface area contributed by atoms with Gasteiger partial charge in [0.2, 0.25) is 21.8 Å². The summed E-state index contributed by atoms with van der Waals surface area (Å²) in [6, 6.07) is 9.56. The predicted octanol–water partition coefficient (Wildman–Crippen LogP) is 2.61. The third kappa shape index (κ3) is 5.69. The number of halogens is 1. The van der Waals surface area contributed by atoms with E-state index in [0.29, 0.717) is 11.4 Å². The van der Waals surface area contributed by atoms with Crippen molar-refractivity contribution in [2.45, 2.75) is 24.8 Å². The smallest absolute Gasteiger partial charge is 0.245 e. The lowest BCUT2D eigenvalue weighted by atomic mass is 10.2. The van der Waals surface area contributed by atoms with Crippen LogP contribution in [0.25, 0.3) is 0 Å². The monoisotopic (exact) mass is 425 g/mol. The fourth-order valence-electron chi connectivity index (χ4n) is 2.34. The normalized spacial score (nSPS) is 12.1. The molecule has 1 atom stereocenters. The molecule has 2 amide bonds. The maximum atomic E-state index is 12.6. The number of hydrogen-bond acceptors (Lipinski definition) is 5. The quantitative estimate of drug-likeness (QED) is 0.631. The number of carbonyl (C=O) groups excluding carboxylic acids is 2. The number of ether oxygens (including phenoxy) is 1. The molecule has 0 fully saturated rings. The molecule has 10 heteroatoms. The van der Waals surface area contributed by atoms with E-state index in [1.807, 2.05) is 0 Å². The van der Waals surface area contributed by atoms with Crippen LogP contribution in [0.1, 0.15) is 13.8 Å². The van der Waals surface area contributed by atoms with Gasteiger partial charge in [-0.05, 0) is 43.3 Å². The third-order valence-corrected chi connectivity index (χ3v) is 5.39. The Morgan fingerprint density at radius 3 is 2.32 bits per heavy atom. The second-order valence-electron chi connectivity index (χ2n) is 5.89. The molecule has 0 unspecified atom stereocenters. The number of sulfonamides is 1. The number of hydrogen-bond donors (Lipinski definition) is 3. The average Bonchev–Trinajstić information content (AvgIpc) is 2.61. The molecule has 0 spiro atoms. The molecule has 0 aliphatic heterocycles. The first-order valence-corrected chi connectivity index (χ1v) is 10.0. The SMILES string of the molecule is COc1ccc(Cl)cc1S(=O)(=O)N[C@H](C)C(=O)Nc1cccc(NC(C)=O)c1. The number of rotatable bonds is 7. The minimum atomic E-state index is -4.06. The van der Waals surface area contributed by atoms with Crippen LogP contribution in [0.4, 0.5) is 11.4 Å². The zero-order valence-corrected chi connectivity index (χ0v) is 17.0. The summed E-state index contributed by atoms with van der Waals surface area (Å²) in [4.78, 5) is 23.3. The molecule has 2 rings (SSSR count). The molecule has 2 aromatic rings. The fourth-order valence-corrected chi connectivity index (χ4v) is 3.97. The second-order valence-corrected chi connectivity index (χ2v) is 8.01. The fraction of sp³-hybridized carbons (Fsp3) is 0.222. The summed E-state index contributed by atoms with van der Waals surface area (Å²) in [5, 5.41) is 5.41. The molecule has 3 N–H and O–H groups in total. The van der Waals surface area contributed by atoms with E-state index >= 15 is 0 Å². The van der Waals surface area contributed by atoms with Gasteiger partial charge in [-0.25, -0.2) is 8.42 Å². The summed E-state index contributed by atoms with van der Waals surface area (Å²) >= 11 is 5.88. The van der Waals surface area contributed by atoms with E-state index in [4.69, 9.17) is 16.3 Å². The van der Waals surface area contributed by atoms with Crippen LogP contribution >= 0.6 is 11.6 Å². The van der Waals surface area contributed by atoms with Crippen LogP contribution in [0.15, 0.2) is 47.4 Å². The van der Waals surface area contributed by atoms with Crippen molar-refractivity contribution < 1.29 is 22.7 Å². The highest BCUT2D eigenvalue weighted by Crippen LogP contribution is 2.27. The second kappa shape index (κ2) is 9.05. The number of benzene rings is 2. The van der Waals surface area contributed by atoms with Crippen LogP contribution in [-0.4, -0.2) is 33.4 Å². The Morgan fingerprint density at radius 1 is 1.07 bits per heavy atom. The van der Waals surface area contributed by atoms with Gasteiger partial charge < -0.3 is 15.4 Å². The zero-order chi connectivity index (χ0) is 20.9. The van der Waals surface area contributed by atoms with Gasteiger partial charge in [0.05, 0.1) is 13.2 Å². The first-order chi connectivity index (χ1) is 13.1. The first-order valence-electron chi connectivity index (χ1n) is 8.17. The summed E-state index contributed by atoms with van der Waals surface area (Å²) in [6.07, 6.45) is 0. The standard InChI is InChI=1S/C18H20ClN3O5S/c1-11(18(24)21-15-6-4-5-14(10-15)20-12(2)23)22-28(25,26)17-9-13(19)7-8-16(17)27-3/h4-11,22H,1-3H3,(H,20,23)(H,21,24)/t11-/m1/s1. The summed E-state index contributed by atoms with van der Waals surface area (Å²) in [5.74, 6) is -0.725. The molecule has 28 heavy (non-hydrogen) atoms. The van der Waals surface area contributed by atoms with Gasteiger partial charge in [0.15, 0.2) is 0 Å². The van der Waals surface area contributed by atoms with Crippen molar-refractivity contribution in [3.05, 3.63) is 47.5 Å². The van der Waals surface area contributed by atoms with E-state index in [2.05, 4.69) is 15.4 Å². The highest BCUT2D eigenvalue weighted by Gasteiger charge is 2.25. The van der Waals surface area contributed by atoms with Gasteiger partial charge in [0, 0.05) is 23.3 Å². The molecule has 0 saturated heterocycles. The van der Waals surface area contributed by atoms with Gasteiger partial charge in [-0.2, -0.15) is 4.72 Å². The van der Waals surface area contributed by atoms with Crippen molar-refractivity contribution in [2.24, 2.45) is 0 Å². The van der Waals surface area contributed by atoms with Gasteiger partial charge in [-0.15, -0.1) is 0 Å². The molecule has 2 aromatic carbocycles. The summed E-state index contributed by atoms with van der Waals surface area (Å²) in [6.45, 7) is 2.77. The van der Waals surface area contributed by atoms with Crippen molar-refractivity contribution in [1.29, 1.82) is 0 Å². The van der Waals surface area contributed by atoms with E-state index in [9.17, 15) is 18.0 Å². The van der Waals surface area contributed by atoms with Gasteiger partial charge in [0.1, 0.15) is 10.6 Å². The largest absolute Gasteiger partial charge is 0.495 e. The molecule has 0 aromatic heterocycles. The molecule has 0 saturated carbocycles. The topological polar surface area (TPSA) is 114 Å². The molecule has 0 aliphatic rings. The number of carbonyl (C=O) groups is 2. The summed E-state index contributed by atoms with van der Waals surface area (Å²) in [5.41, 5.74) is 0.907. The van der Waals surface area contributed by atoms with Crippen LogP contribution in [-0.2, 0) is 19.6 Å². The number of amides is 2. The van der Waals surface area contributed by atoms with E-state index in [0.717, 1.165) is 0 Å². The average molecular weight is 426 g/mol. The molecular formula is C18H20ClN3O5S. The molecule has 0 bridgehead atoms. The lowest BCUT2D eigenvalue weighted by Gasteiger charge is -2.16. The minimum Gasteiger partial charge on any atom is -0.495 e. The minimum absolute atomic E-state index is 0.104. The number of methoxy groups -OCH3 is 1. The van der Waals surface area contributed by atoms with Crippen LogP contribution < -0.4 is 20.1 Å². The van der Waals surface area contributed by atoms with Crippen LogP contribution in [0.5, 0.6) is 5.75 Å². The van der Waals surface area contributed by atoms with Crippen LogP contribution in [0.2, 0.25) is 5.02 Å². The Bertz CT molecular complexity index is 994. The Hall–Kier alpha value is -2.62. The maximum Gasteiger partial charge on any atom is 0.245 e. The highest BCUT2D eigenvalue weighted by molar-refractivity contribution is 7.89. The van der Waals surface area contributed by atoms with E-state index < -0.39 is 22.0 Å². The molecular weight excluding hydrogens is 406 g/mol. The van der Waals surface area contributed by atoms with Gasteiger partial charge in [-0.1, -0.05) is 17.7 Å². The number of anilines is 2. The van der Waals surface area contributed by atoms with Crippen LogP contribution in [0.3, 0.4) is 0 Å². The van der Waals surface area contributed by atoms with Crippen molar-refractivity contribution in [1.82, 2.24) is 4.72 Å². The molecule has 0 radical (unpaired) electrons. The lowest BCUT2D eigenvalue weighted by molar-refractivity contribution is -0.117.